The molecule has 1 N–H and O–H groups in total. The van der Waals surface area contributed by atoms with Gasteiger partial charge in [0.15, 0.2) is 15.8 Å². The van der Waals surface area contributed by atoms with Crippen LogP contribution < -0.4 is 5.32 Å². The molecule has 2 atom stereocenters. The summed E-state index contributed by atoms with van der Waals surface area (Å²) in [5, 5.41) is 3.42. The van der Waals surface area contributed by atoms with Gasteiger partial charge < -0.3 is 15.1 Å². The molecule has 0 aromatic rings. The quantitative estimate of drug-likeness (QED) is 0.570. The molecular formula is C17H30N4O3S. The van der Waals surface area contributed by atoms with Crippen LogP contribution in [-0.4, -0.2) is 80.4 Å². The van der Waals surface area contributed by atoms with Gasteiger partial charge in [0.2, 0.25) is 5.91 Å². The second-order valence-corrected chi connectivity index (χ2v) is 10.2. The van der Waals surface area contributed by atoms with Crippen molar-refractivity contribution in [3.63, 3.8) is 0 Å². The fraction of sp³-hybridized carbons (Fsp3) is 0.882. The molecule has 142 valence electrons. The number of sulfone groups is 1. The molecule has 3 heterocycles. The monoisotopic (exact) mass is 370 g/mol. The van der Waals surface area contributed by atoms with Gasteiger partial charge in [-0.05, 0) is 24.7 Å². The van der Waals surface area contributed by atoms with E-state index in [-0.39, 0.29) is 17.6 Å². The van der Waals surface area contributed by atoms with Gasteiger partial charge in [-0.3, -0.25) is 9.79 Å². The Balaban J connectivity index is 1.61. The first-order valence-electron chi connectivity index (χ1n) is 9.37. The molecule has 1 amide bonds. The summed E-state index contributed by atoms with van der Waals surface area (Å²) in [4.78, 5) is 20.9. The summed E-state index contributed by atoms with van der Waals surface area (Å²) in [5.41, 5.74) is 0. The summed E-state index contributed by atoms with van der Waals surface area (Å²) in [6.45, 7) is 8.03. The molecule has 3 aliphatic heterocycles. The van der Waals surface area contributed by atoms with Gasteiger partial charge in [0.1, 0.15) is 0 Å². The van der Waals surface area contributed by atoms with Crippen molar-refractivity contribution in [2.75, 3.05) is 44.2 Å². The van der Waals surface area contributed by atoms with Crippen LogP contribution in [0.15, 0.2) is 4.99 Å². The number of hydrogen-bond acceptors (Lipinski definition) is 4. The number of nitrogens with one attached hydrogen (secondary N) is 1. The normalized spacial score (nSPS) is 29.4. The molecule has 0 radical (unpaired) electrons. The maximum atomic E-state index is 11.9. The lowest BCUT2D eigenvalue weighted by Gasteiger charge is -2.39. The van der Waals surface area contributed by atoms with Gasteiger partial charge in [0.25, 0.3) is 0 Å². The van der Waals surface area contributed by atoms with Gasteiger partial charge in [-0.25, -0.2) is 8.42 Å². The van der Waals surface area contributed by atoms with Crippen LogP contribution in [0.4, 0.5) is 0 Å². The Labute approximate surface area is 150 Å². The smallest absolute Gasteiger partial charge is 0.223 e. The number of hydrogen-bond donors (Lipinski definition) is 1. The first-order chi connectivity index (χ1) is 11.8. The minimum Gasteiger partial charge on any atom is -0.356 e. The molecular weight excluding hydrogens is 340 g/mol. The summed E-state index contributed by atoms with van der Waals surface area (Å²) < 4.78 is 23.3. The van der Waals surface area contributed by atoms with E-state index in [4.69, 9.17) is 4.99 Å². The van der Waals surface area contributed by atoms with E-state index in [0.717, 1.165) is 45.0 Å². The molecule has 3 aliphatic rings. The predicted molar refractivity (Wildman–Crippen MR) is 98.2 cm³/mol. The Morgan fingerprint density at radius 3 is 2.80 bits per heavy atom. The summed E-state index contributed by atoms with van der Waals surface area (Å²) in [6, 6.07) is 0.291. The average molecular weight is 371 g/mol. The van der Waals surface area contributed by atoms with E-state index in [1.54, 1.807) is 0 Å². The highest BCUT2D eigenvalue weighted by Gasteiger charge is 2.36. The molecule has 0 aromatic carbocycles. The van der Waals surface area contributed by atoms with Crippen LogP contribution in [0, 0.1) is 11.8 Å². The minimum atomic E-state index is -2.85. The maximum absolute atomic E-state index is 11.9. The van der Waals surface area contributed by atoms with Crippen LogP contribution in [0.3, 0.4) is 0 Å². The van der Waals surface area contributed by atoms with Gasteiger partial charge in [-0.2, -0.15) is 0 Å². The Bertz CT molecular complexity index is 632. The van der Waals surface area contributed by atoms with E-state index in [2.05, 4.69) is 24.1 Å². The lowest BCUT2D eigenvalue weighted by atomic mass is 10.1. The van der Waals surface area contributed by atoms with Crippen molar-refractivity contribution in [3.05, 3.63) is 0 Å². The lowest BCUT2D eigenvalue weighted by molar-refractivity contribution is -0.130. The highest BCUT2D eigenvalue weighted by molar-refractivity contribution is 7.91. The van der Waals surface area contributed by atoms with Gasteiger partial charge >= 0.3 is 0 Å². The molecule has 0 aromatic heterocycles. The van der Waals surface area contributed by atoms with Crippen molar-refractivity contribution in [2.45, 2.75) is 39.2 Å². The zero-order valence-electron chi connectivity index (χ0n) is 15.3. The third-order valence-corrected chi connectivity index (χ3v) is 7.11. The standard InChI is InChI=1S/C17H30N4O3S/c1-13(2)9-18-17(19-10-14-5-8-25(23,24)12-14)20-6-7-21-15(11-20)3-4-16(21)22/h13-15H,3-12H2,1-2H3,(H,18,19). The number of amides is 1. The number of nitrogens with zero attached hydrogens (tertiary/aromatic N) is 3. The Hall–Kier alpha value is -1.31. The van der Waals surface area contributed by atoms with E-state index in [1.165, 1.54) is 0 Å². The average Bonchev–Trinajstić information content (AvgIpc) is 3.09. The molecule has 3 saturated heterocycles. The fourth-order valence-corrected chi connectivity index (χ4v) is 5.72. The summed E-state index contributed by atoms with van der Waals surface area (Å²) in [7, 11) is -2.85. The van der Waals surface area contributed by atoms with E-state index in [1.807, 2.05) is 4.90 Å². The summed E-state index contributed by atoms with van der Waals surface area (Å²) >= 11 is 0. The topological polar surface area (TPSA) is 82.1 Å². The molecule has 2 unspecified atom stereocenters. The number of rotatable bonds is 4. The largest absolute Gasteiger partial charge is 0.356 e. The van der Waals surface area contributed by atoms with Gasteiger partial charge in [-0.15, -0.1) is 0 Å². The SMILES string of the molecule is CC(C)CN=C(NCC1CCS(=O)(=O)C1)N1CCN2C(=O)CCC2C1. The highest BCUT2D eigenvalue weighted by atomic mass is 32.2. The van der Waals surface area contributed by atoms with E-state index < -0.39 is 9.84 Å². The lowest BCUT2D eigenvalue weighted by Crippen LogP contribution is -2.56. The molecule has 0 bridgehead atoms. The minimum absolute atomic E-state index is 0.170. The van der Waals surface area contributed by atoms with Gasteiger partial charge in [0.05, 0.1) is 11.5 Å². The van der Waals surface area contributed by atoms with Crippen LogP contribution >= 0.6 is 0 Å². The van der Waals surface area contributed by atoms with Gasteiger partial charge in [0, 0.05) is 45.2 Å². The number of piperazine rings is 1. The zero-order chi connectivity index (χ0) is 18.0. The first-order valence-corrected chi connectivity index (χ1v) is 11.2. The van der Waals surface area contributed by atoms with Crippen molar-refractivity contribution < 1.29 is 13.2 Å². The molecule has 0 spiro atoms. The third-order valence-electron chi connectivity index (χ3n) is 5.28. The van der Waals surface area contributed by atoms with Crippen LogP contribution in [0.1, 0.15) is 33.1 Å². The Kier molecular flexibility index (Phi) is 5.55. The van der Waals surface area contributed by atoms with Crippen molar-refractivity contribution in [3.8, 4) is 0 Å². The number of carbonyl (C=O) groups excluding carboxylic acids is 1. The molecule has 0 saturated carbocycles. The van der Waals surface area contributed by atoms with Gasteiger partial charge in [-0.1, -0.05) is 13.8 Å². The van der Waals surface area contributed by atoms with Crippen LogP contribution in [0.5, 0.6) is 0 Å². The fourth-order valence-electron chi connectivity index (χ4n) is 3.86. The molecule has 25 heavy (non-hydrogen) atoms. The number of guanidine groups is 1. The van der Waals surface area contributed by atoms with E-state index in [0.29, 0.717) is 30.7 Å². The highest BCUT2D eigenvalue weighted by Crippen LogP contribution is 2.23. The van der Waals surface area contributed by atoms with Crippen molar-refractivity contribution >= 4 is 21.7 Å². The third kappa shape index (κ3) is 4.65. The predicted octanol–water partition coefficient (Wildman–Crippen LogP) is 0.329. The Morgan fingerprint density at radius 2 is 2.12 bits per heavy atom. The van der Waals surface area contributed by atoms with Crippen LogP contribution in [0.2, 0.25) is 0 Å². The van der Waals surface area contributed by atoms with E-state index in [9.17, 15) is 13.2 Å². The summed E-state index contributed by atoms with van der Waals surface area (Å²) in [6.07, 6.45) is 2.32. The molecule has 3 fully saturated rings. The van der Waals surface area contributed by atoms with Crippen molar-refractivity contribution in [2.24, 2.45) is 16.8 Å². The number of fused-ring (bicyclic) bond motifs is 1. The van der Waals surface area contributed by atoms with E-state index >= 15 is 0 Å². The molecule has 7 nitrogen and oxygen atoms in total. The molecule has 0 aliphatic carbocycles. The zero-order valence-corrected chi connectivity index (χ0v) is 16.1. The second kappa shape index (κ2) is 7.51. The number of carbonyl (C=O) groups is 1. The molecule has 3 rings (SSSR count). The number of aliphatic imine (C=N–C) groups is 1. The van der Waals surface area contributed by atoms with Crippen molar-refractivity contribution in [1.29, 1.82) is 0 Å². The molecule has 8 heteroatoms. The van der Waals surface area contributed by atoms with Crippen LogP contribution in [-0.2, 0) is 14.6 Å². The second-order valence-electron chi connectivity index (χ2n) is 7.93. The summed E-state index contributed by atoms with van der Waals surface area (Å²) in [5.74, 6) is 2.37. The maximum Gasteiger partial charge on any atom is 0.223 e. The van der Waals surface area contributed by atoms with Crippen LogP contribution in [0.25, 0.3) is 0 Å². The van der Waals surface area contributed by atoms with Crippen molar-refractivity contribution in [1.82, 2.24) is 15.1 Å². The Morgan fingerprint density at radius 1 is 1.32 bits per heavy atom. The first kappa shape index (κ1) is 18.5.